The van der Waals surface area contributed by atoms with E-state index in [4.69, 9.17) is 4.98 Å². The molecular weight excluding hydrogens is 577 g/mol. The number of piperidine rings is 2. The number of carbonyl (C=O) groups is 2. The molecule has 8 heteroatoms. The molecule has 4 fully saturated rings. The molecule has 1 N–H and O–H groups in total. The number of nitrogens with one attached hydrogen (secondary N) is 1. The van der Waals surface area contributed by atoms with Crippen molar-refractivity contribution in [1.82, 2.24) is 24.7 Å². The Hall–Kier alpha value is -3.26. The lowest BCUT2D eigenvalue weighted by Gasteiger charge is -2.46. The minimum absolute atomic E-state index is 0.0543. The summed E-state index contributed by atoms with van der Waals surface area (Å²) in [5.74, 6) is 1.10. The Balaban J connectivity index is 1.02. The van der Waals surface area contributed by atoms with Gasteiger partial charge in [-0.25, -0.2) is 9.37 Å². The first kappa shape index (κ1) is 31.3. The molecule has 4 heterocycles. The van der Waals surface area contributed by atoms with E-state index in [0.717, 1.165) is 68.4 Å². The van der Waals surface area contributed by atoms with Gasteiger partial charge < -0.3 is 14.8 Å². The molecule has 4 aliphatic rings. The lowest BCUT2D eigenvalue weighted by atomic mass is 9.69. The first-order chi connectivity index (χ1) is 22.1. The molecule has 7 rings (SSSR count). The highest BCUT2D eigenvalue weighted by molar-refractivity contribution is 5.83. The van der Waals surface area contributed by atoms with Crippen molar-refractivity contribution >= 4 is 22.8 Å². The number of hydrogen-bond acceptors (Lipinski definition) is 4. The van der Waals surface area contributed by atoms with Gasteiger partial charge in [0, 0.05) is 49.1 Å². The molecule has 1 aliphatic carbocycles. The molecule has 2 atom stereocenters. The van der Waals surface area contributed by atoms with Crippen molar-refractivity contribution in [2.75, 3.05) is 19.6 Å². The number of nitrogens with zero attached hydrogens (tertiary/aromatic N) is 4. The molecule has 1 aromatic heterocycles. The van der Waals surface area contributed by atoms with E-state index in [1.807, 2.05) is 24.8 Å². The normalized spacial score (nSPS) is 24.8. The zero-order valence-corrected chi connectivity index (χ0v) is 27.8. The second kappa shape index (κ2) is 12.4. The minimum Gasteiger partial charge on any atom is -0.353 e. The Kier molecular flexibility index (Phi) is 8.45. The number of rotatable bonds is 10. The summed E-state index contributed by atoms with van der Waals surface area (Å²) in [5.41, 5.74) is 2.63. The summed E-state index contributed by atoms with van der Waals surface area (Å²) in [6, 6.07) is 17.6. The van der Waals surface area contributed by atoms with E-state index in [2.05, 4.69) is 52.0 Å². The van der Waals surface area contributed by atoms with Gasteiger partial charge in [-0.15, -0.1) is 0 Å². The summed E-state index contributed by atoms with van der Waals surface area (Å²) >= 11 is 0. The third-order valence-electron chi connectivity index (χ3n) is 11.8. The third kappa shape index (κ3) is 6.22. The van der Waals surface area contributed by atoms with Crippen molar-refractivity contribution in [3.05, 3.63) is 65.7 Å². The second-order valence-electron chi connectivity index (χ2n) is 15.3. The monoisotopic (exact) mass is 627 g/mol. The SMILES string of the molecule is Cc1nc2ccccc2n1C1CC2CCC(C1)N2CCC1(c2cccc(F)c2)CCN(C(=O)C(C)(C)CCC(=O)NC2CC2)CC1. The van der Waals surface area contributed by atoms with E-state index < -0.39 is 5.41 Å². The molecular formula is C38H50FN5O2. The fraction of sp³-hybridized carbons (Fsp3) is 0.605. The molecule has 2 unspecified atom stereocenters. The molecule has 46 heavy (non-hydrogen) atoms. The maximum absolute atomic E-state index is 14.6. The summed E-state index contributed by atoms with van der Waals surface area (Å²) in [6.45, 7) is 8.41. The molecule has 2 aromatic carbocycles. The van der Waals surface area contributed by atoms with Crippen LogP contribution in [0.3, 0.4) is 0 Å². The van der Waals surface area contributed by atoms with Crippen LogP contribution in [0.2, 0.25) is 0 Å². The third-order valence-corrected chi connectivity index (χ3v) is 11.8. The zero-order chi connectivity index (χ0) is 32.1. The summed E-state index contributed by atoms with van der Waals surface area (Å²) < 4.78 is 17.1. The number of fused-ring (bicyclic) bond motifs is 3. The van der Waals surface area contributed by atoms with Crippen molar-refractivity contribution in [1.29, 1.82) is 0 Å². The fourth-order valence-electron chi connectivity index (χ4n) is 8.92. The van der Waals surface area contributed by atoms with Crippen LogP contribution in [0.5, 0.6) is 0 Å². The molecule has 3 aromatic rings. The van der Waals surface area contributed by atoms with Crippen LogP contribution >= 0.6 is 0 Å². The van der Waals surface area contributed by atoms with E-state index in [-0.39, 0.29) is 23.0 Å². The van der Waals surface area contributed by atoms with Crippen molar-refractivity contribution in [2.45, 2.75) is 121 Å². The zero-order valence-electron chi connectivity index (χ0n) is 27.8. The molecule has 2 amide bonds. The van der Waals surface area contributed by atoms with Crippen molar-refractivity contribution in [3.8, 4) is 0 Å². The van der Waals surface area contributed by atoms with Gasteiger partial charge in [-0.05, 0) is 113 Å². The number of para-hydroxylation sites is 2. The molecule has 0 radical (unpaired) electrons. The number of likely N-dealkylation sites (tertiary alicyclic amines) is 1. The number of amides is 2. The lowest BCUT2D eigenvalue weighted by Crippen LogP contribution is -2.51. The van der Waals surface area contributed by atoms with Crippen LogP contribution in [0.15, 0.2) is 48.5 Å². The Morgan fingerprint density at radius 2 is 1.70 bits per heavy atom. The van der Waals surface area contributed by atoms with Crippen LogP contribution in [-0.2, 0) is 15.0 Å². The summed E-state index contributed by atoms with van der Waals surface area (Å²) in [4.78, 5) is 35.7. The van der Waals surface area contributed by atoms with Crippen molar-refractivity contribution in [3.63, 3.8) is 0 Å². The van der Waals surface area contributed by atoms with Crippen LogP contribution in [-0.4, -0.2) is 68.9 Å². The van der Waals surface area contributed by atoms with Crippen LogP contribution in [0.4, 0.5) is 4.39 Å². The number of aryl methyl sites for hydroxylation is 1. The Morgan fingerprint density at radius 1 is 0.978 bits per heavy atom. The number of imidazole rings is 1. The van der Waals surface area contributed by atoms with Gasteiger partial charge in [0.15, 0.2) is 0 Å². The predicted molar refractivity (Wildman–Crippen MR) is 179 cm³/mol. The average molecular weight is 628 g/mol. The highest BCUT2D eigenvalue weighted by Crippen LogP contribution is 2.45. The highest BCUT2D eigenvalue weighted by Gasteiger charge is 2.45. The van der Waals surface area contributed by atoms with Crippen LogP contribution in [0.1, 0.15) is 102 Å². The summed E-state index contributed by atoms with van der Waals surface area (Å²) in [7, 11) is 0. The first-order valence-corrected chi connectivity index (χ1v) is 17.7. The van der Waals surface area contributed by atoms with E-state index in [1.165, 1.54) is 24.4 Å². The molecule has 0 spiro atoms. The fourth-order valence-corrected chi connectivity index (χ4v) is 8.92. The van der Waals surface area contributed by atoms with Crippen molar-refractivity contribution in [2.24, 2.45) is 5.41 Å². The molecule has 3 aliphatic heterocycles. The van der Waals surface area contributed by atoms with Gasteiger partial charge in [-0.1, -0.05) is 38.1 Å². The molecule has 246 valence electrons. The quantitative estimate of drug-likeness (QED) is 0.272. The largest absolute Gasteiger partial charge is 0.353 e. The predicted octanol–water partition coefficient (Wildman–Crippen LogP) is 6.69. The smallest absolute Gasteiger partial charge is 0.228 e. The summed E-state index contributed by atoms with van der Waals surface area (Å²) in [6.07, 6.45) is 10.4. The molecule has 3 saturated heterocycles. The van der Waals surface area contributed by atoms with Crippen LogP contribution < -0.4 is 5.32 Å². The average Bonchev–Trinajstić information content (AvgIpc) is 3.74. The summed E-state index contributed by atoms with van der Waals surface area (Å²) in [5, 5.41) is 3.05. The van der Waals surface area contributed by atoms with E-state index in [1.54, 1.807) is 6.07 Å². The maximum Gasteiger partial charge on any atom is 0.228 e. The van der Waals surface area contributed by atoms with Gasteiger partial charge in [0.2, 0.25) is 11.8 Å². The Bertz CT molecular complexity index is 1570. The van der Waals surface area contributed by atoms with Gasteiger partial charge in [0.1, 0.15) is 11.6 Å². The first-order valence-electron chi connectivity index (χ1n) is 17.7. The Morgan fingerprint density at radius 3 is 2.39 bits per heavy atom. The maximum atomic E-state index is 14.6. The topological polar surface area (TPSA) is 70.5 Å². The van der Waals surface area contributed by atoms with Gasteiger partial charge in [-0.3, -0.25) is 14.5 Å². The number of aromatic nitrogens is 2. The van der Waals surface area contributed by atoms with E-state index in [0.29, 0.717) is 50.1 Å². The molecule has 1 saturated carbocycles. The second-order valence-corrected chi connectivity index (χ2v) is 15.3. The Labute approximate surface area is 272 Å². The van der Waals surface area contributed by atoms with Crippen LogP contribution in [0.25, 0.3) is 11.0 Å². The van der Waals surface area contributed by atoms with Gasteiger partial charge in [-0.2, -0.15) is 0 Å². The molecule has 7 nitrogen and oxygen atoms in total. The van der Waals surface area contributed by atoms with Crippen LogP contribution in [0, 0.1) is 18.2 Å². The minimum atomic E-state index is -0.595. The standard InChI is InChI=1S/C38H50FN5O2/c1-26-40-33-9-4-5-10-34(33)44(26)32-24-30-13-14-31(25-32)43(30)22-19-38(27-7-6-8-28(39)23-27)17-20-42(21-18-38)36(46)37(2,3)16-15-35(45)41-29-11-12-29/h4-10,23,29-32H,11-22,24-25H2,1-3H3,(H,41,45). The van der Waals surface area contributed by atoms with Crippen molar-refractivity contribution < 1.29 is 14.0 Å². The van der Waals surface area contributed by atoms with Gasteiger partial charge in [0.25, 0.3) is 0 Å². The van der Waals surface area contributed by atoms with Gasteiger partial charge >= 0.3 is 0 Å². The molecule has 2 bridgehead atoms. The number of halogens is 1. The number of hydrogen-bond donors (Lipinski definition) is 1. The van der Waals surface area contributed by atoms with E-state index in [9.17, 15) is 14.0 Å². The van der Waals surface area contributed by atoms with E-state index >= 15 is 0 Å². The number of benzene rings is 2. The lowest BCUT2D eigenvalue weighted by molar-refractivity contribution is -0.142. The van der Waals surface area contributed by atoms with Gasteiger partial charge in [0.05, 0.1) is 11.0 Å². The highest BCUT2D eigenvalue weighted by atomic mass is 19.1. The number of carbonyl (C=O) groups excluding carboxylic acids is 2.